The number of nitrogens with zero attached hydrogens (tertiary/aromatic N) is 1. The van der Waals surface area contributed by atoms with E-state index < -0.39 is 24.5 Å². The topological polar surface area (TPSA) is 102 Å². The van der Waals surface area contributed by atoms with E-state index >= 15 is 0 Å². The highest BCUT2D eigenvalue weighted by molar-refractivity contribution is 8.00. The van der Waals surface area contributed by atoms with E-state index in [9.17, 15) is 19.2 Å². The number of thiophene rings is 1. The number of esters is 2. The average Bonchev–Trinajstić information content (AvgIpc) is 3.06. The van der Waals surface area contributed by atoms with Crippen LogP contribution in [0.3, 0.4) is 0 Å². The monoisotopic (exact) mass is 464 g/mol. The number of rotatable bonds is 9. The zero-order chi connectivity index (χ0) is 23.0. The Morgan fingerprint density at radius 2 is 1.77 bits per heavy atom. The van der Waals surface area contributed by atoms with Crippen LogP contribution in [-0.4, -0.2) is 61.7 Å². The summed E-state index contributed by atoms with van der Waals surface area (Å²) < 4.78 is 10.1. The number of benzene rings is 1. The number of carbonyl (C=O) groups is 4. The van der Waals surface area contributed by atoms with Crippen LogP contribution in [0.15, 0.2) is 35.2 Å². The second-order valence-corrected chi connectivity index (χ2v) is 8.56. The molecule has 166 valence electrons. The lowest BCUT2D eigenvalue weighted by Gasteiger charge is -2.09. The van der Waals surface area contributed by atoms with Crippen molar-refractivity contribution in [2.45, 2.75) is 18.7 Å². The van der Waals surface area contributed by atoms with Crippen molar-refractivity contribution >= 4 is 51.9 Å². The Balaban J connectivity index is 2.03. The maximum atomic E-state index is 12.4. The largest absolute Gasteiger partial charge is 0.462 e. The highest BCUT2D eigenvalue weighted by atomic mass is 32.2. The summed E-state index contributed by atoms with van der Waals surface area (Å²) in [6.45, 7) is 2.92. The SMILES string of the molecule is CCOC(=O)c1c(NC(=O)COC(=O)CSc2ccccc2)sc(C(=O)N(C)C)c1C. The van der Waals surface area contributed by atoms with Gasteiger partial charge in [0.25, 0.3) is 11.8 Å². The molecule has 8 nitrogen and oxygen atoms in total. The molecule has 1 heterocycles. The van der Waals surface area contributed by atoms with Gasteiger partial charge in [0, 0.05) is 19.0 Å². The Morgan fingerprint density at radius 1 is 1.10 bits per heavy atom. The fraction of sp³-hybridized carbons (Fsp3) is 0.333. The number of hydrogen-bond donors (Lipinski definition) is 1. The summed E-state index contributed by atoms with van der Waals surface area (Å²) in [6, 6.07) is 9.34. The van der Waals surface area contributed by atoms with Crippen LogP contribution in [0.1, 0.15) is 32.5 Å². The van der Waals surface area contributed by atoms with E-state index in [2.05, 4.69) is 5.32 Å². The molecule has 0 spiro atoms. The van der Waals surface area contributed by atoms with Gasteiger partial charge in [-0.25, -0.2) is 4.79 Å². The zero-order valence-electron chi connectivity index (χ0n) is 17.7. The molecule has 2 amide bonds. The molecule has 10 heteroatoms. The molecule has 1 N–H and O–H groups in total. The molecule has 0 atom stereocenters. The van der Waals surface area contributed by atoms with E-state index in [4.69, 9.17) is 9.47 Å². The maximum absolute atomic E-state index is 12.4. The minimum absolute atomic E-state index is 0.0605. The van der Waals surface area contributed by atoms with Gasteiger partial charge in [-0.3, -0.25) is 14.4 Å². The lowest BCUT2D eigenvalue weighted by atomic mass is 10.1. The van der Waals surface area contributed by atoms with Crippen LogP contribution in [0.4, 0.5) is 5.00 Å². The molecular weight excluding hydrogens is 440 g/mol. The molecule has 0 radical (unpaired) electrons. The first-order chi connectivity index (χ1) is 14.7. The molecule has 0 aliphatic carbocycles. The van der Waals surface area contributed by atoms with Crippen LogP contribution in [0, 0.1) is 6.92 Å². The van der Waals surface area contributed by atoms with Gasteiger partial charge in [0.05, 0.1) is 22.8 Å². The van der Waals surface area contributed by atoms with Gasteiger partial charge < -0.3 is 19.7 Å². The van der Waals surface area contributed by atoms with E-state index in [0.717, 1.165) is 16.2 Å². The molecule has 0 aliphatic rings. The van der Waals surface area contributed by atoms with Crippen molar-refractivity contribution < 1.29 is 28.7 Å². The van der Waals surface area contributed by atoms with Crippen LogP contribution in [0.5, 0.6) is 0 Å². The highest BCUT2D eigenvalue weighted by Gasteiger charge is 2.27. The van der Waals surface area contributed by atoms with Crippen LogP contribution >= 0.6 is 23.1 Å². The summed E-state index contributed by atoms with van der Waals surface area (Å²) in [7, 11) is 3.19. The Hall–Kier alpha value is -2.85. The van der Waals surface area contributed by atoms with Crippen molar-refractivity contribution in [3.63, 3.8) is 0 Å². The number of carbonyl (C=O) groups excluding carboxylic acids is 4. The number of anilines is 1. The first-order valence-electron chi connectivity index (χ1n) is 9.40. The number of amides is 2. The molecule has 1 aromatic heterocycles. The Bertz CT molecular complexity index is 956. The maximum Gasteiger partial charge on any atom is 0.341 e. The van der Waals surface area contributed by atoms with Gasteiger partial charge in [-0.2, -0.15) is 0 Å². The Kier molecular flexibility index (Phi) is 9.07. The van der Waals surface area contributed by atoms with E-state index in [1.165, 1.54) is 16.7 Å². The summed E-state index contributed by atoms with van der Waals surface area (Å²) in [5.74, 6) is -2.03. The van der Waals surface area contributed by atoms with Gasteiger partial charge in [-0.1, -0.05) is 18.2 Å². The van der Waals surface area contributed by atoms with E-state index in [1.807, 2.05) is 30.3 Å². The van der Waals surface area contributed by atoms with Crippen LogP contribution < -0.4 is 5.32 Å². The molecule has 0 saturated carbocycles. The molecule has 1 aromatic carbocycles. The van der Waals surface area contributed by atoms with Gasteiger partial charge in [-0.05, 0) is 31.5 Å². The minimum atomic E-state index is -0.638. The van der Waals surface area contributed by atoms with Gasteiger partial charge in [0.15, 0.2) is 6.61 Å². The Labute approximate surface area is 188 Å². The quantitative estimate of drug-likeness (QED) is 0.449. The number of nitrogens with one attached hydrogen (secondary N) is 1. The number of ether oxygens (including phenoxy) is 2. The van der Waals surface area contributed by atoms with Gasteiger partial charge in [0.2, 0.25) is 0 Å². The molecule has 31 heavy (non-hydrogen) atoms. The summed E-state index contributed by atoms with van der Waals surface area (Å²) in [5.41, 5.74) is 0.546. The van der Waals surface area contributed by atoms with Crippen molar-refractivity contribution in [2.75, 3.05) is 38.4 Å². The smallest absolute Gasteiger partial charge is 0.341 e. The summed E-state index contributed by atoms with van der Waals surface area (Å²) in [6.07, 6.45) is 0. The first-order valence-corrected chi connectivity index (χ1v) is 11.2. The fourth-order valence-corrected chi connectivity index (χ4v) is 4.42. The van der Waals surface area contributed by atoms with Crippen molar-refractivity contribution in [1.29, 1.82) is 0 Å². The van der Waals surface area contributed by atoms with Gasteiger partial charge in [0.1, 0.15) is 5.00 Å². The van der Waals surface area contributed by atoms with Crippen molar-refractivity contribution in [1.82, 2.24) is 4.90 Å². The standard InChI is InChI=1S/C21H24N2O6S2/c1-5-28-21(27)17-13(2)18(20(26)23(3)4)31-19(17)22-15(24)11-29-16(25)12-30-14-9-7-6-8-10-14/h6-10H,5,11-12H2,1-4H3,(H,22,24). The third-order valence-corrected chi connectivity index (χ3v) is 6.12. The predicted molar refractivity (Wildman–Crippen MR) is 120 cm³/mol. The Morgan fingerprint density at radius 3 is 2.39 bits per heavy atom. The van der Waals surface area contributed by atoms with Crippen molar-refractivity contribution in [3.8, 4) is 0 Å². The van der Waals surface area contributed by atoms with Crippen molar-refractivity contribution in [2.24, 2.45) is 0 Å². The second kappa shape index (κ2) is 11.5. The summed E-state index contributed by atoms with van der Waals surface area (Å²) in [4.78, 5) is 51.6. The number of hydrogen-bond acceptors (Lipinski definition) is 8. The molecule has 0 saturated heterocycles. The highest BCUT2D eigenvalue weighted by Crippen LogP contribution is 2.34. The normalized spacial score (nSPS) is 10.3. The molecular formula is C21H24N2O6S2. The van der Waals surface area contributed by atoms with Crippen LogP contribution in [0.25, 0.3) is 0 Å². The molecule has 0 bridgehead atoms. The summed E-state index contributed by atoms with van der Waals surface area (Å²) >= 11 is 2.28. The molecule has 2 aromatic rings. The van der Waals surface area contributed by atoms with Crippen LogP contribution in [0.2, 0.25) is 0 Å². The van der Waals surface area contributed by atoms with Gasteiger partial charge in [-0.15, -0.1) is 23.1 Å². The first kappa shape index (κ1) is 24.4. The predicted octanol–water partition coefficient (Wildman–Crippen LogP) is 3.21. The third-order valence-electron chi connectivity index (χ3n) is 3.94. The third kappa shape index (κ3) is 6.83. The van der Waals surface area contributed by atoms with E-state index in [-0.39, 0.29) is 28.8 Å². The lowest BCUT2D eigenvalue weighted by Crippen LogP contribution is -2.22. The summed E-state index contributed by atoms with van der Waals surface area (Å²) in [5, 5.41) is 2.74. The lowest BCUT2D eigenvalue weighted by molar-refractivity contribution is -0.144. The molecule has 0 aliphatic heterocycles. The zero-order valence-corrected chi connectivity index (χ0v) is 19.4. The molecule has 0 fully saturated rings. The molecule has 2 rings (SSSR count). The van der Waals surface area contributed by atoms with E-state index in [1.54, 1.807) is 27.9 Å². The molecule has 0 unspecified atom stereocenters. The minimum Gasteiger partial charge on any atom is -0.462 e. The fourth-order valence-electron chi connectivity index (χ4n) is 2.47. The second-order valence-electron chi connectivity index (χ2n) is 6.49. The van der Waals surface area contributed by atoms with Gasteiger partial charge >= 0.3 is 11.9 Å². The van der Waals surface area contributed by atoms with E-state index in [0.29, 0.717) is 10.4 Å². The average molecular weight is 465 g/mol. The van der Waals surface area contributed by atoms with Crippen molar-refractivity contribution in [3.05, 3.63) is 46.3 Å². The van der Waals surface area contributed by atoms with Crippen LogP contribution in [-0.2, 0) is 19.1 Å². The number of thioether (sulfide) groups is 1.